The Morgan fingerprint density at radius 1 is 1.37 bits per heavy atom. The van der Waals surface area contributed by atoms with Crippen molar-refractivity contribution >= 4 is 17.2 Å². The van der Waals surface area contributed by atoms with E-state index in [1.165, 1.54) is 0 Å². The number of nitrogens with two attached hydrogens (primary N) is 1. The zero-order chi connectivity index (χ0) is 13.8. The number of ether oxygens (including phenoxy) is 2. The molecule has 2 N–H and O–H groups in total. The Kier molecular flexibility index (Phi) is 3.96. The number of hydrogen-bond acceptors (Lipinski definition) is 5. The summed E-state index contributed by atoms with van der Waals surface area (Å²) in [6.07, 6.45) is 1.63. The van der Waals surface area contributed by atoms with E-state index >= 15 is 0 Å². The molecular formula is C12H14N4O2S. The highest BCUT2D eigenvalue weighted by molar-refractivity contribution is 7.80. The van der Waals surface area contributed by atoms with Crippen LogP contribution in [0.1, 0.15) is 0 Å². The van der Waals surface area contributed by atoms with E-state index in [2.05, 4.69) is 10.3 Å². The lowest BCUT2D eigenvalue weighted by molar-refractivity contribution is 0.404. The molecule has 0 spiro atoms. The molecule has 7 heteroatoms. The lowest BCUT2D eigenvalue weighted by Gasteiger charge is -2.11. The molecule has 0 aliphatic heterocycles. The Bertz CT molecular complexity index is 597. The van der Waals surface area contributed by atoms with E-state index in [4.69, 9.17) is 27.4 Å². The molecule has 0 saturated carbocycles. The van der Waals surface area contributed by atoms with Crippen molar-refractivity contribution in [2.75, 3.05) is 14.2 Å². The molecule has 0 fully saturated rings. The third-order valence-electron chi connectivity index (χ3n) is 2.61. The molecule has 1 aromatic carbocycles. The number of rotatable bonds is 5. The summed E-state index contributed by atoms with van der Waals surface area (Å²) in [7, 11) is 3.21. The van der Waals surface area contributed by atoms with Crippen LogP contribution in [0.3, 0.4) is 0 Å². The van der Waals surface area contributed by atoms with Crippen molar-refractivity contribution in [1.82, 2.24) is 15.0 Å². The van der Waals surface area contributed by atoms with Crippen molar-refractivity contribution in [1.29, 1.82) is 0 Å². The number of nitrogens with zero attached hydrogens (tertiary/aromatic N) is 3. The first-order valence-electron chi connectivity index (χ1n) is 5.55. The molecule has 0 saturated heterocycles. The van der Waals surface area contributed by atoms with E-state index in [9.17, 15) is 0 Å². The first kappa shape index (κ1) is 13.3. The van der Waals surface area contributed by atoms with Crippen LogP contribution < -0.4 is 15.2 Å². The fraction of sp³-hybridized carbons (Fsp3) is 0.250. The van der Waals surface area contributed by atoms with Crippen LogP contribution in [0.25, 0.3) is 11.3 Å². The van der Waals surface area contributed by atoms with Gasteiger partial charge in [-0.05, 0) is 18.2 Å². The molecule has 0 unspecified atom stereocenters. The molecule has 2 aromatic rings. The number of benzene rings is 1. The molecule has 100 valence electrons. The Morgan fingerprint density at radius 3 is 2.79 bits per heavy atom. The van der Waals surface area contributed by atoms with Crippen LogP contribution in [0.15, 0.2) is 24.4 Å². The topological polar surface area (TPSA) is 75.2 Å². The largest absolute Gasteiger partial charge is 0.497 e. The van der Waals surface area contributed by atoms with E-state index < -0.39 is 0 Å². The van der Waals surface area contributed by atoms with Crippen molar-refractivity contribution in [2.24, 2.45) is 5.73 Å². The predicted octanol–water partition coefficient (Wildman–Crippen LogP) is 1.25. The lowest BCUT2D eigenvalue weighted by atomic mass is 10.1. The summed E-state index contributed by atoms with van der Waals surface area (Å²) < 4.78 is 12.2. The fourth-order valence-electron chi connectivity index (χ4n) is 1.74. The summed E-state index contributed by atoms with van der Waals surface area (Å²) in [5, 5.41) is 7.85. The molecule has 19 heavy (non-hydrogen) atoms. The van der Waals surface area contributed by atoms with Gasteiger partial charge in [-0.25, -0.2) is 4.68 Å². The van der Waals surface area contributed by atoms with Crippen LogP contribution in [0, 0.1) is 0 Å². The van der Waals surface area contributed by atoms with Gasteiger partial charge in [0, 0.05) is 5.56 Å². The van der Waals surface area contributed by atoms with Gasteiger partial charge in [0.25, 0.3) is 0 Å². The van der Waals surface area contributed by atoms with E-state index in [0.717, 1.165) is 17.0 Å². The van der Waals surface area contributed by atoms with Gasteiger partial charge in [0.05, 0.1) is 37.6 Å². The first-order valence-corrected chi connectivity index (χ1v) is 5.95. The van der Waals surface area contributed by atoms with Crippen LogP contribution in [0.5, 0.6) is 11.5 Å². The van der Waals surface area contributed by atoms with Gasteiger partial charge in [-0.1, -0.05) is 17.4 Å². The Balaban J connectivity index is 2.51. The van der Waals surface area contributed by atoms with E-state index in [0.29, 0.717) is 17.3 Å². The third-order valence-corrected chi connectivity index (χ3v) is 2.74. The molecular weight excluding hydrogens is 264 g/mol. The van der Waals surface area contributed by atoms with Crippen LogP contribution in [0.2, 0.25) is 0 Å². The predicted molar refractivity (Wildman–Crippen MR) is 75.3 cm³/mol. The van der Waals surface area contributed by atoms with Gasteiger partial charge < -0.3 is 15.2 Å². The highest BCUT2D eigenvalue weighted by Crippen LogP contribution is 2.32. The first-order chi connectivity index (χ1) is 9.15. The molecule has 2 rings (SSSR count). The minimum Gasteiger partial charge on any atom is -0.497 e. The van der Waals surface area contributed by atoms with Crippen molar-refractivity contribution in [3.63, 3.8) is 0 Å². The molecule has 0 aliphatic rings. The molecule has 1 aromatic heterocycles. The molecule has 0 aliphatic carbocycles. The minimum atomic E-state index is 0.324. The van der Waals surface area contributed by atoms with Gasteiger partial charge in [-0.2, -0.15) is 0 Å². The average molecular weight is 278 g/mol. The number of aromatic nitrogens is 3. The average Bonchev–Trinajstić information content (AvgIpc) is 2.85. The van der Waals surface area contributed by atoms with Gasteiger partial charge in [0.1, 0.15) is 11.5 Å². The summed E-state index contributed by atoms with van der Waals surface area (Å²) in [6.45, 7) is 0.324. The maximum atomic E-state index is 5.54. The maximum absolute atomic E-state index is 5.54. The van der Waals surface area contributed by atoms with Gasteiger partial charge in [-0.15, -0.1) is 5.10 Å². The van der Waals surface area contributed by atoms with Crippen LogP contribution in [-0.4, -0.2) is 34.2 Å². The van der Waals surface area contributed by atoms with Crippen molar-refractivity contribution in [2.45, 2.75) is 6.54 Å². The third kappa shape index (κ3) is 2.82. The number of thiocarbonyl (C=S) groups is 1. The van der Waals surface area contributed by atoms with Crippen LogP contribution in [0.4, 0.5) is 0 Å². The summed E-state index contributed by atoms with van der Waals surface area (Å²) in [6, 6.07) is 5.50. The molecule has 0 radical (unpaired) electrons. The quantitative estimate of drug-likeness (QED) is 0.830. The second-order valence-corrected chi connectivity index (χ2v) is 4.33. The van der Waals surface area contributed by atoms with Crippen LogP contribution >= 0.6 is 12.2 Å². The summed E-state index contributed by atoms with van der Waals surface area (Å²) >= 11 is 4.90. The van der Waals surface area contributed by atoms with Crippen molar-refractivity contribution in [3.05, 3.63) is 24.4 Å². The SMILES string of the molecule is COc1ccc(OC)c(-c2cnnn2CC(N)=S)c1. The molecule has 0 atom stereocenters. The van der Waals surface area contributed by atoms with E-state index in [-0.39, 0.29) is 0 Å². The smallest absolute Gasteiger partial charge is 0.128 e. The Hall–Kier alpha value is -2.15. The minimum absolute atomic E-state index is 0.324. The monoisotopic (exact) mass is 278 g/mol. The normalized spacial score (nSPS) is 10.2. The van der Waals surface area contributed by atoms with E-state index in [1.807, 2.05) is 18.2 Å². The molecule has 6 nitrogen and oxygen atoms in total. The maximum Gasteiger partial charge on any atom is 0.128 e. The van der Waals surface area contributed by atoms with Crippen molar-refractivity contribution in [3.8, 4) is 22.8 Å². The van der Waals surface area contributed by atoms with Gasteiger partial charge in [0.2, 0.25) is 0 Å². The Labute approximate surface area is 116 Å². The highest BCUT2D eigenvalue weighted by Gasteiger charge is 2.13. The molecule has 0 bridgehead atoms. The second-order valence-electron chi connectivity index (χ2n) is 3.81. The Morgan fingerprint density at radius 2 is 2.16 bits per heavy atom. The molecule has 0 amide bonds. The zero-order valence-electron chi connectivity index (χ0n) is 10.7. The second kappa shape index (κ2) is 5.66. The summed E-state index contributed by atoms with van der Waals surface area (Å²) in [5.41, 5.74) is 7.13. The van der Waals surface area contributed by atoms with E-state index in [1.54, 1.807) is 25.1 Å². The number of methoxy groups -OCH3 is 2. The lowest BCUT2D eigenvalue weighted by Crippen LogP contribution is -2.18. The summed E-state index contributed by atoms with van der Waals surface area (Å²) in [4.78, 5) is 0.341. The zero-order valence-corrected chi connectivity index (χ0v) is 11.5. The van der Waals surface area contributed by atoms with Crippen molar-refractivity contribution < 1.29 is 9.47 Å². The van der Waals surface area contributed by atoms with Gasteiger partial charge in [-0.3, -0.25) is 0 Å². The van der Waals surface area contributed by atoms with Gasteiger partial charge in [0.15, 0.2) is 0 Å². The standard InChI is InChI=1S/C12H14N4O2S/c1-17-8-3-4-11(18-2)9(5-8)10-6-14-15-16(10)7-12(13)19/h3-6H,7H2,1-2H3,(H2,13,19). The van der Waals surface area contributed by atoms with Crippen LogP contribution in [-0.2, 0) is 6.54 Å². The fourth-order valence-corrected chi connectivity index (χ4v) is 1.87. The molecule has 1 heterocycles. The summed E-state index contributed by atoms with van der Waals surface area (Å²) in [5.74, 6) is 1.42. The highest BCUT2D eigenvalue weighted by atomic mass is 32.1. The van der Waals surface area contributed by atoms with Gasteiger partial charge >= 0.3 is 0 Å². The number of hydrogen-bond donors (Lipinski definition) is 1.